The lowest BCUT2D eigenvalue weighted by atomic mass is 10.0. The summed E-state index contributed by atoms with van der Waals surface area (Å²) in [5, 5.41) is 5.27. The highest BCUT2D eigenvalue weighted by molar-refractivity contribution is 6.30. The topological polar surface area (TPSA) is 96.0 Å². The molecule has 186 valence electrons. The second-order valence-corrected chi connectivity index (χ2v) is 10.3. The number of hydrogen-bond donors (Lipinski definition) is 2. The quantitative estimate of drug-likeness (QED) is 0.366. The molecule has 1 aliphatic heterocycles. The lowest BCUT2D eigenvalue weighted by Gasteiger charge is -2.31. The van der Waals surface area contributed by atoms with Gasteiger partial charge < -0.3 is 19.9 Å². The molecule has 1 aliphatic rings. The van der Waals surface area contributed by atoms with Crippen molar-refractivity contribution in [2.24, 2.45) is 0 Å². The fraction of sp³-hybridized carbons (Fsp3) is 0.333. The normalized spacial score (nSPS) is 13.5. The lowest BCUT2D eigenvalue weighted by Crippen LogP contribution is -2.40. The second kappa shape index (κ2) is 9.78. The minimum absolute atomic E-state index is 0.341. The van der Waals surface area contributed by atoms with E-state index in [1.54, 1.807) is 23.4 Å². The Kier molecular flexibility index (Phi) is 6.53. The van der Waals surface area contributed by atoms with Gasteiger partial charge in [0.25, 0.3) is 0 Å². The average molecular weight is 505 g/mol. The molecule has 0 aliphatic carbocycles. The number of aromatic nitrogens is 4. The lowest BCUT2D eigenvalue weighted by molar-refractivity contribution is 0.0221. The number of carbonyl (C=O) groups is 1. The van der Waals surface area contributed by atoms with Crippen molar-refractivity contribution < 1.29 is 9.53 Å². The molecule has 0 spiro atoms. The molecule has 0 fully saturated rings. The summed E-state index contributed by atoms with van der Waals surface area (Å²) in [6.07, 6.45) is 6.46. The van der Waals surface area contributed by atoms with Crippen molar-refractivity contribution in [1.29, 1.82) is 0 Å². The van der Waals surface area contributed by atoms with Gasteiger partial charge in [-0.05, 0) is 51.3 Å². The number of aromatic amines is 1. The van der Waals surface area contributed by atoms with E-state index in [1.165, 1.54) is 10.9 Å². The van der Waals surface area contributed by atoms with E-state index >= 15 is 0 Å². The second-order valence-electron chi connectivity index (χ2n) is 9.90. The van der Waals surface area contributed by atoms with Crippen LogP contribution in [0.3, 0.4) is 0 Å². The summed E-state index contributed by atoms with van der Waals surface area (Å²) in [5.41, 5.74) is 4.36. The van der Waals surface area contributed by atoms with Crippen molar-refractivity contribution in [3.63, 3.8) is 0 Å². The molecule has 4 heterocycles. The summed E-state index contributed by atoms with van der Waals surface area (Å²) >= 11 is 6.19. The van der Waals surface area contributed by atoms with Gasteiger partial charge in [0.15, 0.2) is 5.82 Å². The van der Waals surface area contributed by atoms with Crippen LogP contribution in [0.2, 0.25) is 5.02 Å². The molecule has 3 aromatic heterocycles. The smallest absolute Gasteiger partial charge is 0.410 e. The zero-order valence-corrected chi connectivity index (χ0v) is 21.4. The Balaban J connectivity index is 1.42. The first kappa shape index (κ1) is 24.1. The third kappa shape index (κ3) is 5.28. The molecule has 36 heavy (non-hydrogen) atoms. The monoisotopic (exact) mass is 504 g/mol. The van der Waals surface area contributed by atoms with Crippen LogP contribution in [0, 0.1) is 0 Å². The number of ether oxygens (including phenoxy) is 1. The maximum atomic E-state index is 12.7. The minimum atomic E-state index is -0.560. The van der Waals surface area contributed by atoms with E-state index in [2.05, 4.69) is 39.7 Å². The van der Waals surface area contributed by atoms with Gasteiger partial charge in [0.2, 0.25) is 0 Å². The molecule has 0 bridgehead atoms. The van der Waals surface area contributed by atoms with Crippen LogP contribution >= 0.6 is 11.6 Å². The summed E-state index contributed by atoms with van der Waals surface area (Å²) in [6.45, 7) is 7.19. The number of hydrogen-bond acceptors (Lipinski definition) is 6. The number of amides is 1. The van der Waals surface area contributed by atoms with Crippen LogP contribution in [-0.4, -0.2) is 49.6 Å². The number of anilines is 1. The molecule has 0 saturated heterocycles. The van der Waals surface area contributed by atoms with Crippen molar-refractivity contribution in [2.75, 3.05) is 18.4 Å². The molecule has 8 nitrogen and oxygen atoms in total. The highest BCUT2D eigenvalue weighted by atomic mass is 35.5. The Bertz CT molecular complexity index is 1410. The van der Waals surface area contributed by atoms with E-state index < -0.39 is 5.60 Å². The number of benzene rings is 1. The molecular formula is C27H29ClN6O2. The number of halogens is 1. The van der Waals surface area contributed by atoms with Crippen LogP contribution in [0.15, 0.2) is 48.9 Å². The minimum Gasteiger partial charge on any atom is -0.444 e. The largest absolute Gasteiger partial charge is 0.444 e. The summed E-state index contributed by atoms with van der Waals surface area (Å²) in [4.78, 5) is 31.6. The van der Waals surface area contributed by atoms with Gasteiger partial charge in [0.05, 0.1) is 17.3 Å². The standard InChI is InChI=1S/C27H29ClN6O2/c1-27(2,3)36-26(35)34-11-9-21-23(16-34)32-24(18-12-19(28)15-29-13-18)33-25(21)30-10-8-17-14-31-22-7-5-4-6-20(17)22/h4-7,12-15,31H,8-11,16H2,1-3H3,(H,30,32,33). The summed E-state index contributed by atoms with van der Waals surface area (Å²) in [7, 11) is 0. The number of H-pyrrole nitrogens is 1. The molecule has 9 heteroatoms. The van der Waals surface area contributed by atoms with Crippen LogP contribution in [0.1, 0.15) is 37.6 Å². The van der Waals surface area contributed by atoms with E-state index in [4.69, 9.17) is 26.3 Å². The predicted molar refractivity (Wildman–Crippen MR) is 141 cm³/mol. The molecule has 1 aromatic carbocycles. The van der Waals surface area contributed by atoms with E-state index in [1.807, 2.05) is 26.8 Å². The molecule has 0 unspecified atom stereocenters. The van der Waals surface area contributed by atoms with Gasteiger partial charge in [-0.2, -0.15) is 0 Å². The van der Waals surface area contributed by atoms with Crippen molar-refractivity contribution in [1.82, 2.24) is 24.8 Å². The van der Waals surface area contributed by atoms with Gasteiger partial charge in [-0.15, -0.1) is 0 Å². The van der Waals surface area contributed by atoms with Gasteiger partial charge >= 0.3 is 6.09 Å². The number of nitrogens with one attached hydrogen (secondary N) is 2. The van der Waals surface area contributed by atoms with Gasteiger partial charge in [0, 0.05) is 53.7 Å². The number of carbonyl (C=O) groups excluding carboxylic acids is 1. The first-order valence-corrected chi connectivity index (χ1v) is 12.4. The van der Waals surface area contributed by atoms with Crippen molar-refractivity contribution in [2.45, 2.75) is 45.8 Å². The van der Waals surface area contributed by atoms with Crippen LogP contribution in [0.25, 0.3) is 22.3 Å². The maximum Gasteiger partial charge on any atom is 0.410 e. The summed E-state index contributed by atoms with van der Waals surface area (Å²) < 4.78 is 5.59. The Morgan fingerprint density at radius 2 is 2.06 bits per heavy atom. The Morgan fingerprint density at radius 1 is 1.22 bits per heavy atom. The molecular weight excluding hydrogens is 476 g/mol. The third-order valence-corrected chi connectivity index (χ3v) is 6.25. The Labute approximate surface area is 215 Å². The molecule has 0 atom stereocenters. The molecule has 0 saturated carbocycles. The van der Waals surface area contributed by atoms with Crippen molar-refractivity contribution >= 4 is 34.4 Å². The zero-order valence-electron chi connectivity index (χ0n) is 20.6. The van der Waals surface area contributed by atoms with Crippen LogP contribution in [-0.2, 0) is 24.1 Å². The molecule has 5 rings (SSSR count). The van der Waals surface area contributed by atoms with Crippen LogP contribution in [0.4, 0.5) is 10.6 Å². The van der Waals surface area contributed by atoms with Gasteiger partial charge in [0.1, 0.15) is 11.4 Å². The van der Waals surface area contributed by atoms with E-state index in [0.717, 1.165) is 34.6 Å². The fourth-order valence-corrected chi connectivity index (χ4v) is 4.55. The predicted octanol–water partition coefficient (Wildman–Crippen LogP) is 5.62. The molecule has 4 aromatic rings. The number of nitrogens with zero attached hydrogens (tertiary/aromatic N) is 4. The average Bonchev–Trinajstić information content (AvgIpc) is 3.25. The molecule has 1 amide bonds. The van der Waals surface area contributed by atoms with E-state index in [9.17, 15) is 4.79 Å². The first-order valence-electron chi connectivity index (χ1n) is 12.0. The molecule has 2 N–H and O–H groups in total. The van der Waals surface area contributed by atoms with Crippen LogP contribution in [0.5, 0.6) is 0 Å². The van der Waals surface area contributed by atoms with Gasteiger partial charge in [-0.25, -0.2) is 14.8 Å². The number of fused-ring (bicyclic) bond motifs is 2. The van der Waals surface area contributed by atoms with Crippen molar-refractivity contribution in [3.05, 3.63) is 70.8 Å². The first-order chi connectivity index (χ1) is 17.3. The highest BCUT2D eigenvalue weighted by Crippen LogP contribution is 2.29. The third-order valence-electron chi connectivity index (χ3n) is 6.04. The summed E-state index contributed by atoms with van der Waals surface area (Å²) in [6, 6.07) is 10.1. The maximum absolute atomic E-state index is 12.7. The number of rotatable bonds is 5. The molecule has 0 radical (unpaired) electrons. The van der Waals surface area contributed by atoms with Gasteiger partial charge in [-0.1, -0.05) is 29.8 Å². The fourth-order valence-electron chi connectivity index (χ4n) is 4.38. The zero-order chi connectivity index (χ0) is 25.3. The van der Waals surface area contributed by atoms with E-state index in [0.29, 0.717) is 36.9 Å². The summed E-state index contributed by atoms with van der Waals surface area (Å²) in [5.74, 6) is 1.29. The van der Waals surface area contributed by atoms with Crippen LogP contribution < -0.4 is 5.32 Å². The highest BCUT2D eigenvalue weighted by Gasteiger charge is 2.29. The Morgan fingerprint density at radius 3 is 2.86 bits per heavy atom. The SMILES string of the molecule is CC(C)(C)OC(=O)N1CCc2c(nc(-c3cncc(Cl)c3)nc2NCCc2c[nH]c3ccccc23)C1. The van der Waals surface area contributed by atoms with E-state index in [-0.39, 0.29) is 6.09 Å². The van der Waals surface area contributed by atoms with Crippen molar-refractivity contribution in [3.8, 4) is 11.4 Å². The van der Waals surface area contributed by atoms with Gasteiger partial charge in [-0.3, -0.25) is 4.98 Å². The Hall–Kier alpha value is -3.65. The number of para-hydroxylation sites is 1. The number of pyridine rings is 1.